The van der Waals surface area contributed by atoms with Gasteiger partial charge in [-0.05, 0) is 12.1 Å². The average Bonchev–Trinajstić information content (AvgIpc) is 1.94. The van der Waals surface area contributed by atoms with E-state index in [4.69, 9.17) is 0 Å². The fourth-order valence-corrected chi connectivity index (χ4v) is 0.630. The van der Waals surface area contributed by atoms with Crippen LogP contribution in [-0.2, 0) is 0 Å². The predicted molar refractivity (Wildman–Crippen MR) is 30.2 cm³/mol. The van der Waals surface area contributed by atoms with Gasteiger partial charge >= 0.3 is 0 Å². The number of benzene rings is 1. The summed E-state index contributed by atoms with van der Waals surface area (Å²) in [5, 5.41) is 0. The minimum Gasteiger partial charge on any atom is -0.206 e. The summed E-state index contributed by atoms with van der Waals surface area (Å²) in [6.07, 6.45) is -2.99. The maximum absolute atomic E-state index is 12.3. The van der Waals surface area contributed by atoms with E-state index < -0.39 is 23.6 Å². The van der Waals surface area contributed by atoms with Crippen LogP contribution in [0.25, 0.3) is 0 Å². The Morgan fingerprint density at radius 2 is 1.91 bits per heavy atom. The van der Waals surface area contributed by atoms with Gasteiger partial charge in [-0.1, -0.05) is 0 Å². The first-order valence-electron chi connectivity index (χ1n) is 2.76. The molecule has 0 fully saturated rings. The fraction of sp³-hybridized carbons (Fsp3) is 0.143. The van der Waals surface area contributed by atoms with Gasteiger partial charge in [-0.2, -0.15) is 0 Å². The second-order valence-electron chi connectivity index (χ2n) is 1.88. The van der Waals surface area contributed by atoms with E-state index in [9.17, 15) is 17.6 Å². The Bertz CT molecular complexity index is 257. The Balaban J connectivity index is 3.13. The van der Waals surface area contributed by atoms with E-state index >= 15 is 0 Å². The van der Waals surface area contributed by atoms with Crippen molar-refractivity contribution in [1.29, 1.82) is 0 Å². The van der Waals surface area contributed by atoms with Gasteiger partial charge in [0.25, 0.3) is 6.43 Å². The molecule has 0 amide bonds. The normalized spacial score (nSPS) is 10.6. The molecule has 0 spiro atoms. The van der Waals surface area contributed by atoms with Crippen molar-refractivity contribution in [3.8, 4) is 0 Å². The van der Waals surface area contributed by atoms with Crippen molar-refractivity contribution in [1.82, 2.24) is 0 Å². The average molecular weight is 163 g/mol. The van der Waals surface area contributed by atoms with Gasteiger partial charge in [-0.3, -0.25) is 0 Å². The summed E-state index contributed by atoms with van der Waals surface area (Å²) >= 11 is 0. The smallest absolute Gasteiger partial charge is 0.206 e. The van der Waals surface area contributed by atoms with Gasteiger partial charge in [-0.15, -0.1) is 0 Å². The van der Waals surface area contributed by atoms with Crippen molar-refractivity contribution >= 4 is 0 Å². The highest BCUT2D eigenvalue weighted by Gasteiger charge is 2.13. The third-order valence-electron chi connectivity index (χ3n) is 1.13. The summed E-state index contributed by atoms with van der Waals surface area (Å²) in [5.74, 6) is -2.12. The highest BCUT2D eigenvalue weighted by atomic mass is 19.3. The Morgan fingerprint density at radius 1 is 1.27 bits per heavy atom. The molecule has 11 heavy (non-hydrogen) atoms. The monoisotopic (exact) mass is 163 g/mol. The molecule has 1 radical (unpaired) electrons. The molecule has 0 aliphatic rings. The summed E-state index contributed by atoms with van der Waals surface area (Å²) in [7, 11) is 0. The fourth-order valence-electron chi connectivity index (χ4n) is 0.630. The highest BCUT2D eigenvalue weighted by molar-refractivity contribution is 5.18. The molecule has 1 aromatic rings. The zero-order valence-corrected chi connectivity index (χ0v) is 5.24. The van der Waals surface area contributed by atoms with Gasteiger partial charge in [0.05, 0.1) is 5.56 Å². The lowest BCUT2D eigenvalue weighted by Crippen LogP contribution is -1.91. The van der Waals surface area contributed by atoms with Crippen LogP contribution in [0.1, 0.15) is 12.0 Å². The topological polar surface area (TPSA) is 0 Å². The van der Waals surface area contributed by atoms with Gasteiger partial charge in [0.2, 0.25) is 0 Å². The molecule has 4 heteroatoms. The largest absolute Gasteiger partial charge is 0.266 e. The zero-order chi connectivity index (χ0) is 8.43. The molecule has 59 valence electrons. The van der Waals surface area contributed by atoms with Crippen LogP contribution in [0.2, 0.25) is 0 Å². The van der Waals surface area contributed by atoms with Gasteiger partial charge < -0.3 is 0 Å². The van der Waals surface area contributed by atoms with E-state index in [-0.39, 0.29) is 0 Å². The highest BCUT2D eigenvalue weighted by Crippen LogP contribution is 2.21. The third kappa shape index (κ3) is 1.69. The molecule has 1 aromatic carbocycles. The lowest BCUT2D eigenvalue weighted by molar-refractivity contribution is 0.146. The van der Waals surface area contributed by atoms with E-state index in [2.05, 4.69) is 0 Å². The van der Waals surface area contributed by atoms with Crippen LogP contribution in [0.4, 0.5) is 17.6 Å². The minimum absolute atomic E-state index is 0.431. The first kappa shape index (κ1) is 8.04. The molecular weight excluding hydrogens is 160 g/mol. The van der Waals surface area contributed by atoms with Crippen molar-refractivity contribution in [2.75, 3.05) is 0 Å². The zero-order valence-electron chi connectivity index (χ0n) is 5.24. The molecular formula is C7H3F4. The van der Waals surface area contributed by atoms with E-state index in [1.54, 1.807) is 0 Å². The molecule has 0 N–H and O–H groups in total. The summed E-state index contributed by atoms with van der Waals surface area (Å²) in [4.78, 5) is 0. The summed E-state index contributed by atoms with van der Waals surface area (Å²) in [6, 6.07) is 2.80. The number of hydrogen-bond donors (Lipinski definition) is 0. The van der Waals surface area contributed by atoms with Crippen molar-refractivity contribution in [2.45, 2.75) is 6.43 Å². The first-order valence-corrected chi connectivity index (χ1v) is 2.76. The summed E-state index contributed by atoms with van der Waals surface area (Å²) in [6.45, 7) is 0. The van der Waals surface area contributed by atoms with Gasteiger partial charge in [0.15, 0.2) is 0 Å². The molecule has 0 unspecified atom stereocenters. The molecule has 0 saturated carbocycles. The van der Waals surface area contributed by atoms with Crippen molar-refractivity contribution in [3.05, 3.63) is 35.4 Å². The molecule has 0 bridgehead atoms. The number of halogens is 4. The maximum atomic E-state index is 12.3. The van der Waals surface area contributed by atoms with Gasteiger partial charge in [0, 0.05) is 6.07 Å². The summed E-state index contributed by atoms with van der Waals surface area (Å²) in [5.41, 5.74) is -0.929. The molecule has 0 aliphatic carbocycles. The molecule has 0 nitrogen and oxygen atoms in total. The minimum atomic E-state index is -2.99. The maximum Gasteiger partial charge on any atom is 0.266 e. The van der Waals surface area contributed by atoms with E-state index in [1.165, 1.54) is 0 Å². The van der Waals surface area contributed by atoms with Crippen LogP contribution in [-0.4, -0.2) is 0 Å². The molecule has 0 saturated heterocycles. The Morgan fingerprint density at radius 3 is 2.36 bits per heavy atom. The van der Waals surface area contributed by atoms with Crippen molar-refractivity contribution < 1.29 is 17.6 Å². The first-order chi connectivity index (χ1) is 5.11. The quantitative estimate of drug-likeness (QED) is 0.558. The van der Waals surface area contributed by atoms with Crippen LogP contribution in [0.15, 0.2) is 12.1 Å². The predicted octanol–water partition coefficient (Wildman–Crippen LogP) is 2.70. The number of alkyl halides is 2. The molecule has 0 aliphatic heterocycles. The standard InChI is InChI=1S/C7H3F4/c8-4-1-2-6(9)5(3-4)7(10)11/h2-3,7H. The number of hydrogen-bond acceptors (Lipinski definition) is 0. The SMILES string of the molecule is Fc1[c]cc(F)c(C(F)F)c1. The van der Waals surface area contributed by atoms with E-state index in [0.29, 0.717) is 12.1 Å². The Labute approximate surface area is 60.5 Å². The lowest BCUT2D eigenvalue weighted by Gasteiger charge is -1.99. The Kier molecular flexibility index (Phi) is 2.12. The van der Waals surface area contributed by atoms with Crippen LogP contribution in [0, 0.1) is 17.7 Å². The molecule has 0 atom stereocenters. The molecule has 0 aromatic heterocycles. The van der Waals surface area contributed by atoms with Crippen molar-refractivity contribution in [2.24, 2.45) is 0 Å². The van der Waals surface area contributed by atoms with Crippen molar-refractivity contribution in [3.63, 3.8) is 0 Å². The van der Waals surface area contributed by atoms with Crippen LogP contribution >= 0.6 is 0 Å². The summed E-state index contributed by atoms with van der Waals surface area (Å²) < 4.78 is 48.1. The van der Waals surface area contributed by atoms with E-state index in [1.807, 2.05) is 6.07 Å². The second-order valence-corrected chi connectivity index (χ2v) is 1.88. The van der Waals surface area contributed by atoms with Gasteiger partial charge in [0.1, 0.15) is 11.6 Å². The lowest BCUT2D eigenvalue weighted by atomic mass is 10.2. The third-order valence-corrected chi connectivity index (χ3v) is 1.13. The van der Waals surface area contributed by atoms with Crippen LogP contribution in [0.5, 0.6) is 0 Å². The second kappa shape index (κ2) is 2.90. The Hall–Kier alpha value is -1.06. The van der Waals surface area contributed by atoms with Crippen LogP contribution in [0.3, 0.4) is 0 Å². The van der Waals surface area contributed by atoms with Gasteiger partial charge in [-0.25, -0.2) is 17.6 Å². The molecule has 0 heterocycles. The molecule has 1 rings (SSSR count). The number of rotatable bonds is 1. The van der Waals surface area contributed by atoms with E-state index in [0.717, 1.165) is 0 Å². The van der Waals surface area contributed by atoms with Crippen LogP contribution < -0.4 is 0 Å².